The molecule has 0 radical (unpaired) electrons. The van der Waals surface area contributed by atoms with Crippen molar-refractivity contribution in [3.8, 4) is 0 Å². The van der Waals surface area contributed by atoms with E-state index in [-0.39, 0.29) is 0 Å². The molecule has 2 aliphatic rings. The molecular formula is C16H11ISSe. The van der Waals surface area contributed by atoms with Crippen LogP contribution in [0.15, 0.2) is 63.1 Å². The van der Waals surface area contributed by atoms with Gasteiger partial charge in [-0.25, -0.2) is 0 Å². The zero-order valence-corrected chi connectivity index (χ0v) is 14.7. The molecule has 2 aromatic rings. The van der Waals surface area contributed by atoms with Gasteiger partial charge in [-0.05, 0) is 0 Å². The number of hydrogen-bond acceptors (Lipinski definition) is 1. The van der Waals surface area contributed by atoms with Crippen LogP contribution in [-0.4, -0.2) is 19.1 Å². The molecule has 3 heteroatoms. The zero-order valence-electron chi connectivity index (χ0n) is 10.0. The Bertz CT molecular complexity index is 665. The summed E-state index contributed by atoms with van der Waals surface area (Å²) in [7, 11) is 0. The van der Waals surface area contributed by atoms with Gasteiger partial charge in [0.25, 0.3) is 0 Å². The second kappa shape index (κ2) is 4.96. The predicted molar refractivity (Wildman–Crippen MR) is 92.0 cm³/mol. The predicted octanol–water partition coefficient (Wildman–Crippen LogP) is 4.72. The van der Waals surface area contributed by atoms with Crippen LogP contribution in [0, 0.1) is 0 Å². The van der Waals surface area contributed by atoms with Crippen molar-refractivity contribution < 1.29 is 0 Å². The van der Waals surface area contributed by atoms with E-state index in [9.17, 15) is 0 Å². The molecule has 0 bridgehead atoms. The van der Waals surface area contributed by atoms with Gasteiger partial charge >= 0.3 is 138 Å². The second-order valence-electron chi connectivity index (χ2n) is 4.66. The van der Waals surface area contributed by atoms with Gasteiger partial charge in [-0.15, -0.1) is 0 Å². The Morgan fingerprint density at radius 1 is 0.947 bits per heavy atom. The molecule has 0 aromatic heterocycles. The van der Waals surface area contributed by atoms with Gasteiger partial charge in [-0.2, -0.15) is 0 Å². The maximum atomic E-state index is 2.59. The third-order valence-electron chi connectivity index (χ3n) is 3.53. The Balaban J connectivity index is 1.81. The second-order valence-corrected chi connectivity index (χ2v) is 10.1. The van der Waals surface area contributed by atoms with Crippen LogP contribution in [0.4, 0.5) is 0 Å². The van der Waals surface area contributed by atoms with Gasteiger partial charge in [0.2, 0.25) is 0 Å². The van der Waals surface area contributed by atoms with Crippen LogP contribution in [0.25, 0.3) is 4.47 Å². The number of hydrogen-bond donors (Lipinski definition) is 0. The van der Waals surface area contributed by atoms with E-state index >= 15 is 0 Å². The minimum absolute atomic E-state index is 0.576. The molecule has 2 unspecified atom stereocenters. The van der Waals surface area contributed by atoms with Crippen molar-refractivity contribution in [1.29, 1.82) is 0 Å². The first kappa shape index (κ1) is 12.5. The van der Waals surface area contributed by atoms with E-state index in [1.54, 1.807) is 13.6 Å². The van der Waals surface area contributed by atoms with Gasteiger partial charge in [0.05, 0.1) is 0 Å². The van der Waals surface area contributed by atoms with Crippen molar-refractivity contribution in [3.63, 3.8) is 0 Å². The molecule has 4 rings (SSSR count). The molecule has 19 heavy (non-hydrogen) atoms. The van der Waals surface area contributed by atoms with Crippen LogP contribution in [0.3, 0.4) is 0 Å². The Labute approximate surface area is 137 Å². The molecule has 0 aliphatic carbocycles. The fraction of sp³-hybridized carbons (Fsp3) is 0.125. The van der Waals surface area contributed by atoms with Crippen LogP contribution in [0.5, 0.6) is 0 Å². The van der Waals surface area contributed by atoms with E-state index in [4.69, 9.17) is 0 Å². The summed E-state index contributed by atoms with van der Waals surface area (Å²) in [6.07, 6.45) is 0. The van der Waals surface area contributed by atoms with Crippen molar-refractivity contribution in [1.82, 2.24) is 0 Å². The van der Waals surface area contributed by atoms with E-state index in [2.05, 4.69) is 89.0 Å². The fourth-order valence-corrected chi connectivity index (χ4v) is 10.2. The average molecular weight is 441 g/mol. The summed E-state index contributed by atoms with van der Waals surface area (Å²) in [5, 5.41) is 0. The van der Waals surface area contributed by atoms with E-state index in [0.29, 0.717) is 20.9 Å². The Kier molecular flexibility index (Phi) is 3.26. The van der Waals surface area contributed by atoms with Gasteiger partial charge in [-0.1, -0.05) is 0 Å². The summed E-state index contributed by atoms with van der Waals surface area (Å²) in [5.74, 6) is 0.650. The zero-order chi connectivity index (χ0) is 12.8. The molecule has 94 valence electrons. The first-order chi connectivity index (χ1) is 9.34. The van der Waals surface area contributed by atoms with E-state index in [0.717, 1.165) is 4.15 Å². The molecule has 0 amide bonds. The van der Waals surface area contributed by atoms with Crippen molar-refractivity contribution >= 4 is 53.8 Å². The summed E-state index contributed by atoms with van der Waals surface area (Å²) in [4.78, 5) is 1.50. The van der Waals surface area contributed by atoms with Gasteiger partial charge in [-0.3, -0.25) is 0 Å². The van der Waals surface area contributed by atoms with Crippen LogP contribution in [0.2, 0.25) is 0 Å². The fourth-order valence-electron chi connectivity index (χ4n) is 2.64. The molecule has 2 aliphatic heterocycles. The molecule has 0 spiro atoms. The van der Waals surface area contributed by atoms with E-state index in [1.165, 1.54) is 10.5 Å². The average Bonchev–Trinajstić information content (AvgIpc) is 2.97. The normalized spacial score (nSPS) is 24.5. The molecule has 0 saturated heterocycles. The number of allylic oxidation sites excluding steroid dienone is 1. The number of halogens is 1. The number of fused-ring (bicyclic) bond motifs is 3. The van der Waals surface area contributed by atoms with E-state index < -0.39 is 0 Å². The summed E-state index contributed by atoms with van der Waals surface area (Å²) < 4.78 is 3.96. The van der Waals surface area contributed by atoms with Gasteiger partial charge in [0.15, 0.2) is 0 Å². The topological polar surface area (TPSA) is 0 Å². The van der Waals surface area contributed by atoms with Crippen LogP contribution in [-0.2, 0) is 0 Å². The molecule has 2 aromatic carbocycles. The molecular weight excluding hydrogens is 430 g/mol. The van der Waals surface area contributed by atoms with Crippen LogP contribution >= 0.6 is 34.4 Å². The molecule has 0 N–H and O–H groups in total. The molecule has 2 heterocycles. The molecule has 0 saturated carbocycles. The summed E-state index contributed by atoms with van der Waals surface area (Å²) in [5.41, 5.74) is 2.98. The third-order valence-corrected chi connectivity index (χ3v) is 10.3. The minimum atomic E-state index is 0.576. The SMILES string of the molecule is IC1=C(c2ccccc2)[Se]C2Sc3ccccc3C12. The number of rotatable bonds is 1. The Morgan fingerprint density at radius 2 is 1.68 bits per heavy atom. The van der Waals surface area contributed by atoms with Crippen molar-refractivity contribution in [2.75, 3.05) is 0 Å². The molecule has 2 atom stereocenters. The van der Waals surface area contributed by atoms with Crippen LogP contribution in [0.1, 0.15) is 17.0 Å². The van der Waals surface area contributed by atoms with Crippen molar-refractivity contribution in [3.05, 3.63) is 69.3 Å². The number of thioether (sulfide) groups is 1. The molecule has 0 fully saturated rings. The van der Waals surface area contributed by atoms with Gasteiger partial charge in [0.1, 0.15) is 0 Å². The quantitative estimate of drug-likeness (QED) is 0.456. The Hall–Kier alpha value is -0.221. The first-order valence-corrected chi connectivity index (χ1v) is 10.0. The van der Waals surface area contributed by atoms with Gasteiger partial charge in [0, 0.05) is 0 Å². The summed E-state index contributed by atoms with van der Waals surface area (Å²) in [6.45, 7) is 0. The summed E-state index contributed by atoms with van der Waals surface area (Å²) in [6, 6.07) is 19.9. The van der Waals surface area contributed by atoms with E-state index in [1.807, 2.05) is 0 Å². The van der Waals surface area contributed by atoms with Crippen molar-refractivity contribution in [2.45, 2.75) is 15.0 Å². The summed E-state index contributed by atoms with van der Waals surface area (Å²) >= 11 is 5.26. The number of benzene rings is 2. The monoisotopic (exact) mass is 442 g/mol. The standard InChI is InChI=1S/C16H11ISSe/c17-14-13-11-8-4-5-9-12(11)18-16(13)19-15(14)10-6-2-1-3-7-10/h1-9,13,16H. The maximum absolute atomic E-state index is 2.59. The van der Waals surface area contributed by atoms with Crippen molar-refractivity contribution in [2.24, 2.45) is 0 Å². The van der Waals surface area contributed by atoms with Crippen LogP contribution < -0.4 is 0 Å². The first-order valence-electron chi connectivity index (χ1n) is 6.22. The Morgan fingerprint density at radius 3 is 2.53 bits per heavy atom. The molecule has 0 nitrogen and oxygen atoms in total. The van der Waals surface area contributed by atoms with Gasteiger partial charge < -0.3 is 0 Å². The third kappa shape index (κ3) is 2.02.